The first kappa shape index (κ1) is 22.5. The van der Waals surface area contributed by atoms with E-state index in [1.54, 1.807) is 14.0 Å². The normalized spacial score (nSPS) is 22.4. The van der Waals surface area contributed by atoms with E-state index in [4.69, 9.17) is 4.74 Å². The van der Waals surface area contributed by atoms with E-state index < -0.39 is 15.9 Å². The first-order valence-corrected chi connectivity index (χ1v) is 10.9. The molecule has 0 spiro atoms. The van der Waals surface area contributed by atoms with Gasteiger partial charge in [-0.1, -0.05) is 0 Å². The summed E-state index contributed by atoms with van der Waals surface area (Å²) in [6.45, 7) is 3.22. The van der Waals surface area contributed by atoms with Gasteiger partial charge in [-0.15, -0.1) is 12.4 Å². The Labute approximate surface area is 180 Å². The maximum Gasteiger partial charge on any atom is 0.276 e. The molecule has 2 unspecified atom stereocenters. The van der Waals surface area contributed by atoms with Crippen molar-refractivity contribution in [1.29, 1.82) is 0 Å². The first-order valence-electron chi connectivity index (χ1n) is 9.39. The largest absolute Gasteiger partial charge is 0.489 e. The highest BCUT2D eigenvalue weighted by molar-refractivity contribution is 7.89. The molecule has 2 aliphatic heterocycles. The zero-order chi connectivity index (χ0) is 20.8. The van der Waals surface area contributed by atoms with Gasteiger partial charge in [-0.2, -0.15) is 0 Å². The number of sulfonamides is 1. The van der Waals surface area contributed by atoms with Gasteiger partial charge in [0.15, 0.2) is 11.4 Å². The fraction of sp³-hybridized carbons (Fsp3) is 0.421. The van der Waals surface area contributed by atoms with Crippen LogP contribution in [-0.2, 0) is 17.1 Å². The maximum atomic E-state index is 13.5. The number of nitrogens with one attached hydrogen (secondary N) is 3. The van der Waals surface area contributed by atoms with Gasteiger partial charge >= 0.3 is 0 Å². The predicted molar refractivity (Wildman–Crippen MR) is 112 cm³/mol. The summed E-state index contributed by atoms with van der Waals surface area (Å²) >= 11 is 0. The lowest BCUT2D eigenvalue weighted by atomic mass is 9.94. The van der Waals surface area contributed by atoms with E-state index in [9.17, 15) is 17.6 Å². The molecule has 1 aromatic heterocycles. The third-order valence-electron chi connectivity index (χ3n) is 5.40. The summed E-state index contributed by atoms with van der Waals surface area (Å²) < 4.78 is 49.4. The van der Waals surface area contributed by atoms with Crippen LogP contribution in [0.4, 0.5) is 10.1 Å². The van der Waals surface area contributed by atoms with E-state index in [0.717, 1.165) is 13.0 Å². The average Bonchev–Trinajstić information content (AvgIpc) is 3.00. The summed E-state index contributed by atoms with van der Waals surface area (Å²) in [5, 5.41) is 5.88. The molecule has 0 aliphatic carbocycles. The molecule has 164 valence electrons. The molecule has 8 nitrogen and oxygen atoms in total. The van der Waals surface area contributed by atoms with Crippen LogP contribution in [-0.4, -0.2) is 44.6 Å². The Morgan fingerprint density at radius 1 is 1.37 bits per heavy atom. The number of hydrogen-bond acceptors (Lipinski definition) is 5. The molecule has 0 saturated carbocycles. The lowest BCUT2D eigenvalue weighted by Gasteiger charge is -2.34. The van der Waals surface area contributed by atoms with Gasteiger partial charge in [0, 0.05) is 37.4 Å². The van der Waals surface area contributed by atoms with Crippen LogP contribution in [0.2, 0.25) is 0 Å². The van der Waals surface area contributed by atoms with Crippen LogP contribution in [0.5, 0.6) is 5.75 Å². The van der Waals surface area contributed by atoms with Crippen LogP contribution in [0.1, 0.15) is 22.5 Å². The molecule has 30 heavy (non-hydrogen) atoms. The molecule has 4 rings (SSSR count). The SMILES string of the molecule is Cc1cc(NC(=O)c2c3c(cn2C)S(=O)(=O)NC2CNCCC2CO3)ccc1F.Cl. The van der Waals surface area contributed by atoms with Crippen LogP contribution in [0.25, 0.3) is 0 Å². The smallest absolute Gasteiger partial charge is 0.276 e. The number of halogens is 2. The number of ether oxygens (including phenoxy) is 1. The number of rotatable bonds is 2. The van der Waals surface area contributed by atoms with Gasteiger partial charge in [-0.25, -0.2) is 17.5 Å². The number of fused-ring (bicyclic) bond motifs is 2. The molecular weight excluding hydrogens is 435 g/mol. The molecule has 0 radical (unpaired) electrons. The van der Waals surface area contributed by atoms with Gasteiger partial charge in [0.25, 0.3) is 5.91 Å². The second-order valence-corrected chi connectivity index (χ2v) is 9.17. The lowest BCUT2D eigenvalue weighted by molar-refractivity contribution is 0.101. The van der Waals surface area contributed by atoms with Gasteiger partial charge < -0.3 is 19.9 Å². The highest BCUT2D eigenvalue weighted by atomic mass is 35.5. The van der Waals surface area contributed by atoms with Crippen LogP contribution in [0.3, 0.4) is 0 Å². The Balaban J connectivity index is 0.00000256. The minimum atomic E-state index is -3.86. The van der Waals surface area contributed by atoms with Crippen molar-refractivity contribution in [2.45, 2.75) is 24.3 Å². The van der Waals surface area contributed by atoms with Crippen molar-refractivity contribution < 1.29 is 22.3 Å². The number of carbonyl (C=O) groups excluding carboxylic acids is 1. The van der Waals surface area contributed by atoms with Crippen molar-refractivity contribution in [3.63, 3.8) is 0 Å². The average molecular weight is 459 g/mol. The fourth-order valence-electron chi connectivity index (χ4n) is 3.79. The summed E-state index contributed by atoms with van der Waals surface area (Å²) in [4.78, 5) is 12.9. The number of aryl methyl sites for hydroxylation is 2. The van der Waals surface area contributed by atoms with Gasteiger partial charge in [0.05, 0.1) is 6.61 Å². The summed E-state index contributed by atoms with van der Waals surface area (Å²) in [5.41, 5.74) is 0.902. The molecule has 1 amide bonds. The number of nitrogens with zero attached hydrogens (tertiary/aromatic N) is 1. The van der Waals surface area contributed by atoms with E-state index in [1.807, 2.05) is 0 Å². The van der Waals surface area contributed by atoms with Crippen LogP contribution in [0, 0.1) is 18.7 Å². The fourth-order valence-corrected chi connectivity index (χ4v) is 5.28. The second kappa shape index (κ2) is 8.54. The zero-order valence-electron chi connectivity index (χ0n) is 16.6. The van der Waals surface area contributed by atoms with Gasteiger partial charge in [0.2, 0.25) is 10.0 Å². The molecule has 1 aromatic carbocycles. The van der Waals surface area contributed by atoms with Crippen molar-refractivity contribution in [2.24, 2.45) is 13.0 Å². The van der Waals surface area contributed by atoms with E-state index in [0.29, 0.717) is 24.4 Å². The van der Waals surface area contributed by atoms with Gasteiger partial charge in [-0.3, -0.25) is 4.79 Å². The van der Waals surface area contributed by atoms with E-state index >= 15 is 0 Å². The monoisotopic (exact) mass is 458 g/mol. The Kier molecular flexibility index (Phi) is 6.42. The predicted octanol–water partition coefficient (Wildman–Crippen LogP) is 1.80. The molecular formula is C19H24ClFN4O4S. The topological polar surface area (TPSA) is 101 Å². The van der Waals surface area contributed by atoms with Crippen molar-refractivity contribution in [3.05, 3.63) is 41.5 Å². The van der Waals surface area contributed by atoms with E-state index in [2.05, 4.69) is 15.4 Å². The van der Waals surface area contributed by atoms with Gasteiger partial charge in [0.1, 0.15) is 10.7 Å². The summed E-state index contributed by atoms with van der Waals surface area (Å²) in [7, 11) is -2.27. The minimum absolute atomic E-state index is 0. The van der Waals surface area contributed by atoms with Crippen LogP contribution < -0.4 is 20.1 Å². The third-order valence-corrected chi connectivity index (χ3v) is 6.88. The standard InChI is InChI=1S/C19H23FN4O4S.ClH/c1-11-7-13(3-4-14(11)20)22-19(25)17-18-16(9-24(17)2)29(26,27)23-15-8-21-6-5-12(15)10-28-18;/h3-4,7,9,12,15,21,23H,5-6,8,10H2,1-2H3,(H,22,25);1H. The quantitative estimate of drug-likeness (QED) is 0.637. The Bertz CT molecular complexity index is 1070. The molecule has 3 N–H and O–H groups in total. The highest BCUT2D eigenvalue weighted by Crippen LogP contribution is 2.34. The molecule has 2 aromatic rings. The number of amides is 1. The first-order chi connectivity index (χ1) is 13.8. The molecule has 11 heteroatoms. The number of carbonyl (C=O) groups is 1. The molecule has 2 aliphatic rings. The molecule has 1 fully saturated rings. The van der Waals surface area contributed by atoms with Crippen molar-refractivity contribution in [3.8, 4) is 5.75 Å². The Morgan fingerprint density at radius 3 is 2.87 bits per heavy atom. The summed E-state index contributed by atoms with van der Waals surface area (Å²) in [6.07, 6.45) is 2.14. The number of hydrogen-bond donors (Lipinski definition) is 3. The molecule has 1 saturated heterocycles. The Hall–Kier alpha value is -2.14. The van der Waals surface area contributed by atoms with E-state index in [1.165, 1.54) is 29.0 Å². The number of aromatic nitrogens is 1. The van der Waals surface area contributed by atoms with E-state index in [-0.39, 0.29) is 46.5 Å². The van der Waals surface area contributed by atoms with Gasteiger partial charge in [-0.05, 0) is 43.7 Å². The maximum absolute atomic E-state index is 13.5. The third kappa shape index (κ3) is 4.18. The van der Waals surface area contributed by atoms with Crippen LogP contribution >= 0.6 is 12.4 Å². The molecule has 2 atom stereocenters. The number of anilines is 1. The second-order valence-electron chi connectivity index (χ2n) is 7.49. The molecule has 3 heterocycles. The van der Waals surface area contributed by atoms with Crippen molar-refractivity contribution in [1.82, 2.24) is 14.6 Å². The Morgan fingerprint density at radius 2 is 2.13 bits per heavy atom. The summed E-state index contributed by atoms with van der Waals surface area (Å²) in [5.74, 6) is -0.857. The molecule has 0 bridgehead atoms. The number of piperidine rings is 1. The lowest BCUT2D eigenvalue weighted by Crippen LogP contribution is -2.53. The van der Waals surface area contributed by atoms with Crippen molar-refractivity contribution >= 4 is 34.0 Å². The number of benzene rings is 1. The highest BCUT2D eigenvalue weighted by Gasteiger charge is 2.37. The van der Waals surface area contributed by atoms with Crippen molar-refractivity contribution in [2.75, 3.05) is 25.0 Å². The summed E-state index contributed by atoms with van der Waals surface area (Å²) in [6, 6.07) is 3.97. The minimum Gasteiger partial charge on any atom is -0.489 e. The van der Waals surface area contributed by atoms with Crippen LogP contribution in [0.15, 0.2) is 29.3 Å². The zero-order valence-corrected chi connectivity index (χ0v) is 18.2.